The van der Waals surface area contributed by atoms with Crippen LogP contribution in [0.2, 0.25) is 0 Å². The summed E-state index contributed by atoms with van der Waals surface area (Å²) >= 11 is 17.2. The lowest BCUT2D eigenvalue weighted by molar-refractivity contribution is 0.447. The van der Waals surface area contributed by atoms with Gasteiger partial charge in [0, 0.05) is 12.3 Å². The van der Waals surface area contributed by atoms with Crippen molar-refractivity contribution in [1.82, 2.24) is 0 Å². The van der Waals surface area contributed by atoms with Gasteiger partial charge in [0.2, 0.25) is 0 Å². The topological polar surface area (TPSA) is 9.23 Å². The Morgan fingerprint density at radius 2 is 2.00 bits per heavy atom. The summed E-state index contributed by atoms with van der Waals surface area (Å²) < 4.78 is 4.90. The Balaban J connectivity index is 4.78. The van der Waals surface area contributed by atoms with Crippen molar-refractivity contribution >= 4 is 49.0 Å². The number of rotatable bonds is 3. The van der Waals surface area contributed by atoms with Crippen LogP contribution in [0.25, 0.3) is 0 Å². The van der Waals surface area contributed by atoms with Crippen molar-refractivity contribution in [3.63, 3.8) is 0 Å². The van der Waals surface area contributed by atoms with Crippen LogP contribution >= 0.6 is 33.2 Å². The molecule has 0 aliphatic rings. The van der Waals surface area contributed by atoms with E-state index < -0.39 is 6.00 Å². The third kappa shape index (κ3) is 3.99. The van der Waals surface area contributed by atoms with Crippen LogP contribution in [0.4, 0.5) is 0 Å². The van der Waals surface area contributed by atoms with E-state index in [1.807, 2.05) is 6.92 Å². The quantitative estimate of drug-likeness (QED) is 0.428. The summed E-state index contributed by atoms with van der Waals surface area (Å²) in [7, 11) is 1.75. The lowest BCUT2D eigenvalue weighted by Crippen LogP contribution is -2.17. The second-order valence-corrected chi connectivity index (χ2v) is 11.6. The normalized spacial score (nSPS) is 13.7. The molecule has 0 unspecified atom stereocenters. The molecule has 0 heterocycles. The minimum Gasteiger partial charge on any atom is -0.415 e. The van der Waals surface area contributed by atoms with Crippen molar-refractivity contribution in [3.05, 3.63) is 10.4 Å². The predicted octanol–water partition coefficient (Wildman–Crippen LogP) is 2.35. The van der Waals surface area contributed by atoms with Crippen molar-refractivity contribution < 1.29 is 4.43 Å². The summed E-state index contributed by atoms with van der Waals surface area (Å²) in [6.07, 6.45) is 5.21. The van der Waals surface area contributed by atoms with Gasteiger partial charge in [-0.1, -0.05) is 5.92 Å². The summed E-state index contributed by atoms with van der Waals surface area (Å²) in [6.45, 7) is 1.81. The molecule has 0 rings (SSSR count). The summed E-state index contributed by atoms with van der Waals surface area (Å²) in [6, 6.07) is -2.90. The van der Waals surface area contributed by atoms with Crippen LogP contribution in [-0.4, -0.2) is 22.9 Å². The van der Waals surface area contributed by atoms with Crippen molar-refractivity contribution in [2.45, 2.75) is 6.92 Å². The molecule has 0 aromatic carbocycles. The Hall–Kier alpha value is 0.564. The predicted molar refractivity (Wildman–Crippen MR) is 57.6 cm³/mol. The fraction of sp³-hybridized carbons (Fsp3) is 0.333. The lowest BCUT2D eigenvalue weighted by Gasteiger charge is -2.10. The van der Waals surface area contributed by atoms with Gasteiger partial charge in [-0.25, -0.2) is 0 Å². The molecule has 12 heavy (non-hydrogen) atoms. The van der Waals surface area contributed by atoms with Gasteiger partial charge in [0.15, 0.2) is 0 Å². The highest BCUT2D eigenvalue weighted by Crippen LogP contribution is 2.30. The van der Waals surface area contributed by atoms with Crippen LogP contribution < -0.4 is 0 Å². The van der Waals surface area contributed by atoms with E-state index in [1.54, 1.807) is 7.11 Å². The zero-order chi connectivity index (χ0) is 9.78. The average Bonchev–Trinajstić information content (AvgIpc) is 1.85. The Kier molecular flexibility index (Phi) is 5.58. The molecular weight excluding hydrogens is 251 g/mol. The molecule has 0 bridgehead atoms. The molecule has 0 aromatic heterocycles. The summed E-state index contributed by atoms with van der Waals surface area (Å²) in [5.41, 5.74) is 0. The molecule has 0 saturated carbocycles. The first-order valence-electron chi connectivity index (χ1n) is 2.97. The Morgan fingerprint density at radius 1 is 1.50 bits per heavy atom. The van der Waals surface area contributed by atoms with E-state index in [0.717, 1.165) is 5.20 Å². The van der Waals surface area contributed by atoms with E-state index in [4.69, 9.17) is 44.1 Å². The minimum absolute atomic E-state index is 0.168. The van der Waals surface area contributed by atoms with Crippen molar-refractivity contribution in [1.29, 1.82) is 0 Å². The van der Waals surface area contributed by atoms with Gasteiger partial charge in [-0.15, -0.1) is 39.7 Å². The molecule has 0 aromatic rings. The third-order valence-electron chi connectivity index (χ3n) is 1.06. The van der Waals surface area contributed by atoms with Crippen molar-refractivity contribution in [3.8, 4) is 12.3 Å². The maximum Gasteiger partial charge on any atom is 0.381 e. The van der Waals surface area contributed by atoms with Crippen LogP contribution in [0, 0.1) is 12.3 Å². The molecule has 0 saturated heterocycles. The van der Waals surface area contributed by atoms with Crippen LogP contribution in [0.3, 0.4) is 0 Å². The van der Waals surface area contributed by atoms with Crippen LogP contribution in [0.1, 0.15) is 6.92 Å². The zero-order valence-corrected chi connectivity index (χ0v) is 10.9. The average molecular weight is 258 g/mol. The summed E-state index contributed by atoms with van der Waals surface area (Å²) in [5.74, 6) is 2.40. The molecule has 0 fully saturated rings. The molecule has 0 N–H and O–H groups in total. The van der Waals surface area contributed by atoms with E-state index in [9.17, 15) is 0 Å². The van der Waals surface area contributed by atoms with Gasteiger partial charge in [-0.05, 0) is 12.1 Å². The van der Waals surface area contributed by atoms with E-state index in [0.29, 0.717) is 5.20 Å². The SMILES string of the molecule is C#CC(=C(C)[Si]OC)[Si](Cl)(Cl)Cl. The highest BCUT2D eigenvalue weighted by Gasteiger charge is 2.31. The van der Waals surface area contributed by atoms with Crippen molar-refractivity contribution in [2.75, 3.05) is 7.11 Å². The summed E-state index contributed by atoms with van der Waals surface area (Å²) in [5, 5.41) is 1.33. The van der Waals surface area contributed by atoms with E-state index in [1.165, 1.54) is 0 Å². The highest BCUT2D eigenvalue weighted by atomic mass is 35.8. The number of terminal acetylenes is 1. The van der Waals surface area contributed by atoms with Gasteiger partial charge in [-0.3, -0.25) is 0 Å². The van der Waals surface area contributed by atoms with E-state index in [2.05, 4.69) is 5.92 Å². The second-order valence-electron chi connectivity index (χ2n) is 1.95. The lowest BCUT2D eigenvalue weighted by atomic mass is 10.5. The largest absolute Gasteiger partial charge is 0.415 e. The van der Waals surface area contributed by atoms with Gasteiger partial charge in [-0.2, -0.15) is 0 Å². The van der Waals surface area contributed by atoms with Crippen LogP contribution in [0.5, 0.6) is 0 Å². The Morgan fingerprint density at radius 3 is 2.25 bits per heavy atom. The molecule has 1 nitrogen and oxygen atoms in total. The molecule has 0 spiro atoms. The van der Waals surface area contributed by atoms with Gasteiger partial charge in [0.1, 0.15) is 0 Å². The molecule has 0 amide bonds. The first-order valence-corrected chi connectivity index (χ1v) is 8.91. The monoisotopic (exact) mass is 256 g/mol. The fourth-order valence-electron chi connectivity index (χ4n) is 0.607. The molecular formula is C6H7Cl3OSi2. The summed E-state index contributed by atoms with van der Waals surface area (Å²) in [4.78, 5) is 0. The molecule has 6 heteroatoms. The van der Waals surface area contributed by atoms with E-state index in [-0.39, 0.29) is 9.76 Å². The maximum atomic E-state index is 5.75. The van der Waals surface area contributed by atoms with Gasteiger partial charge in [0.25, 0.3) is 9.76 Å². The maximum absolute atomic E-state index is 5.75. The van der Waals surface area contributed by atoms with E-state index >= 15 is 0 Å². The number of hydrogen-bond donors (Lipinski definition) is 0. The molecule has 0 aliphatic heterocycles. The second kappa shape index (κ2) is 5.33. The van der Waals surface area contributed by atoms with Crippen LogP contribution in [0.15, 0.2) is 10.4 Å². The third-order valence-corrected chi connectivity index (χ3v) is 4.86. The van der Waals surface area contributed by atoms with Gasteiger partial charge in [0.05, 0.1) is 0 Å². The number of allylic oxidation sites excluding steroid dienone is 2. The smallest absolute Gasteiger partial charge is 0.381 e. The first-order chi connectivity index (χ1) is 5.43. The zero-order valence-electron chi connectivity index (χ0n) is 6.62. The molecule has 2 radical (unpaired) electrons. The minimum atomic E-state index is -2.90. The highest BCUT2D eigenvalue weighted by molar-refractivity contribution is 7.67. The number of halogens is 3. The fourth-order valence-corrected chi connectivity index (χ4v) is 4.87. The standard InChI is InChI=1S/C6H7Cl3OSi2/c1-4-6(12(7,8)9)5(2)11-10-3/h1H,2-3H3. The van der Waals surface area contributed by atoms with Crippen LogP contribution in [-0.2, 0) is 4.43 Å². The molecule has 0 atom stereocenters. The van der Waals surface area contributed by atoms with Gasteiger partial charge >= 0.3 is 6.00 Å². The Bertz CT molecular complexity index is 226. The molecule has 66 valence electrons. The Labute approximate surface area is 90.1 Å². The van der Waals surface area contributed by atoms with Gasteiger partial charge < -0.3 is 4.43 Å². The first kappa shape index (κ1) is 12.6. The number of hydrogen-bond acceptors (Lipinski definition) is 1. The molecule has 0 aliphatic carbocycles. The van der Waals surface area contributed by atoms with Crippen molar-refractivity contribution in [2.24, 2.45) is 0 Å².